The van der Waals surface area contributed by atoms with Gasteiger partial charge in [0.25, 0.3) is 0 Å². The van der Waals surface area contributed by atoms with Gasteiger partial charge in [0.15, 0.2) is 5.65 Å². The topological polar surface area (TPSA) is 69.4 Å². The van der Waals surface area contributed by atoms with Gasteiger partial charge in [0.05, 0.1) is 24.7 Å². The summed E-state index contributed by atoms with van der Waals surface area (Å²) in [5, 5.41) is 0. The van der Waals surface area contributed by atoms with Crippen LogP contribution in [-0.2, 0) is 16.1 Å². The molecule has 2 aromatic heterocycles. The molecule has 0 aromatic carbocycles. The molecule has 7 nitrogen and oxygen atoms in total. The zero-order chi connectivity index (χ0) is 17.3. The molecule has 1 aliphatic rings. The number of nitrogens with zero attached hydrogens (tertiary/aromatic N) is 4. The van der Waals surface area contributed by atoms with E-state index in [2.05, 4.69) is 4.98 Å². The fraction of sp³-hybridized carbons (Fsp3) is 0.588. The fourth-order valence-electron chi connectivity index (χ4n) is 3.35. The largest absolute Gasteiger partial charge is 0.383 e. The number of imidazole rings is 1. The molecular formula is C17H24N4O3. The van der Waals surface area contributed by atoms with Gasteiger partial charge >= 0.3 is 5.69 Å². The Morgan fingerprint density at radius 3 is 2.96 bits per heavy atom. The molecule has 1 atom stereocenters. The molecule has 3 rings (SSSR count). The van der Waals surface area contributed by atoms with Gasteiger partial charge in [-0.05, 0) is 18.6 Å². The lowest BCUT2D eigenvalue weighted by atomic mass is 10.2. The van der Waals surface area contributed by atoms with Crippen LogP contribution in [0, 0.1) is 5.92 Å². The summed E-state index contributed by atoms with van der Waals surface area (Å²) in [7, 11) is 1.62. The third-order valence-electron chi connectivity index (χ3n) is 4.58. The first-order chi connectivity index (χ1) is 11.5. The Hall–Kier alpha value is -2.15. The molecule has 1 fully saturated rings. The smallest absolute Gasteiger partial charge is 0.330 e. The second-order valence-corrected chi connectivity index (χ2v) is 6.52. The summed E-state index contributed by atoms with van der Waals surface area (Å²) in [4.78, 5) is 31.4. The number of rotatable bonds is 5. The molecule has 0 spiro atoms. The number of hydrogen-bond acceptors (Lipinski definition) is 4. The van der Waals surface area contributed by atoms with Crippen LogP contribution in [0.3, 0.4) is 0 Å². The summed E-state index contributed by atoms with van der Waals surface area (Å²) < 4.78 is 8.57. The molecule has 3 heterocycles. The van der Waals surface area contributed by atoms with Crippen molar-refractivity contribution in [3.63, 3.8) is 0 Å². The molecule has 7 heteroatoms. The van der Waals surface area contributed by atoms with Crippen molar-refractivity contribution >= 4 is 17.1 Å². The first-order valence-corrected chi connectivity index (χ1v) is 8.38. The molecule has 24 heavy (non-hydrogen) atoms. The van der Waals surface area contributed by atoms with Crippen molar-refractivity contribution < 1.29 is 9.53 Å². The predicted octanol–water partition coefficient (Wildman–Crippen LogP) is 1.27. The second-order valence-electron chi connectivity index (χ2n) is 6.52. The molecule has 1 saturated heterocycles. The normalized spacial score (nSPS) is 18.0. The van der Waals surface area contributed by atoms with Crippen LogP contribution in [0.15, 0.2) is 23.1 Å². The van der Waals surface area contributed by atoms with Gasteiger partial charge in [-0.2, -0.15) is 0 Å². The van der Waals surface area contributed by atoms with Crippen molar-refractivity contribution in [3.05, 3.63) is 28.8 Å². The van der Waals surface area contributed by atoms with Gasteiger partial charge in [-0.1, -0.05) is 13.8 Å². The fourth-order valence-corrected chi connectivity index (χ4v) is 3.35. The monoisotopic (exact) mass is 332 g/mol. The Kier molecular flexibility index (Phi) is 4.71. The second kappa shape index (κ2) is 6.76. The number of pyridine rings is 1. The third-order valence-corrected chi connectivity index (χ3v) is 4.58. The quantitative estimate of drug-likeness (QED) is 0.827. The molecule has 130 valence electrons. The number of carbonyl (C=O) groups is 1. The predicted molar refractivity (Wildman–Crippen MR) is 90.9 cm³/mol. The summed E-state index contributed by atoms with van der Waals surface area (Å²) in [6, 6.07) is 3.71. The van der Waals surface area contributed by atoms with Crippen LogP contribution < -0.4 is 5.69 Å². The van der Waals surface area contributed by atoms with Crippen molar-refractivity contribution in [2.45, 2.75) is 32.9 Å². The average molecular weight is 332 g/mol. The Bertz CT molecular complexity index is 793. The molecule has 0 aliphatic carbocycles. The first-order valence-electron chi connectivity index (χ1n) is 8.38. The minimum atomic E-state index is -0.0791. The number of carbonyl (C=O) groups excluding carboxylic acids is 1. The highest BCUT2D eigenvalue weighted by molar-refractivity contribution is 5.78. The van der Waals surface area contributed by atoms with Gasteiger partial charge in [0, 0.05) is 32.3 Å². The molecule has 0 unspecified atom stereocenters. The molecular weight excluding hydrogens is 308 g/mol. The summed E-state index contributed by atoms with van der Waals surface area (Å²) in [6.45, 7) is 6.02. The highest BCUT2D eigenvalue weighted by atomic mass is 16.5. The molecule has 0 N–H and O–H groups in total. The maximum Gasteiger partial charge on any atom is 0.330 e. The van der Waals surface area contributed by atoms with Gasteiger partial charge < -0.3 is 9.64 Å². The minimum Gasteiger partial charge on any atom is -0.383 e. The lowest BCUT2D eigenvalue weighted by Gasteiger charge is -2.19. The van der Waals surface area contributed by atoms with E-state index in [-0.39, 0.29) is 23.6 Å². The van der Waals surface area contributed by atoms with Crippen LogP contribution in [0.25, 0.3) is 11.2 Å². The zero-order valence-electron chi connectivity index (χ0n) is 14.4. The lowest BCUT2D eigenvalue weighted by Crippen LogP contribution is -2.34. The van der Waals surface area contributed by atoms with E-state index in [1.807, 2.05) is 30.9 Å². The van der Waals surface area contributed by atoms with Crippen LogP contribution in [-0.4, -0.2) is 51.7 Å². The van der Waals surface area contributed by atoms with Crippen LogP contribution in [0.1, 0.15) is 26.3 Å². The molecule has 0 radical (unpaired) electrons. The SMILES string of the molecule is COCCn1c(=O)n([C@@H]2CCN(C(=O)C(C)C)C2)c2ncccc21. The van der Waals surface area contributed by atoms with E-state index in [1.54, 1.807) is 22.4 Å². The van der Waals surface area contributed by atoms with E-state index in [4.69, 9.17) is 4.74 Å². The summed E-state index contributed by atoms with van der Waals surface area (Å²) in [5.41, 5.74) is 1.42. The summed E-state index contributed by atoms with van der Waals surface area (Å²) in [6.07, 6.45) is 2.48. The van der Waals surface area contributed by atoms with E-state index >= 15 is 0 Å². The molecule has 0 saturated carbocycles. The Labute approximate surface area is 140 Å². The summed E-state index contributed by atoms with van der Waals surface area (Å²) >= 11 is 0. The van der Waals surface area contributed by atoms with Crippen molar-refractivity contribution in [1.29, 1.82) is 0 Å². The first kappa shape index (κ1) is 16.7. The highest BCUT2D eigenvalue weighted by Gasteiger charge is 2.31. The van der Waals surface area contributed by atoms with Gasteiger partial charge in [0.1, 0.15) is 0 Å². The number of fused-ring (bicyclic) bond motifs is 1. The number of methoxy groups -OCH3 is 1. The molecule has 2 aromatic rings. The Balaban J connectivity index is 1.97. The van der Waals surface area contributed by atoms with Crippen molar-refractivity contribution in [2.75, 3.05) is 26.8 Å². The lowest BCUT2D eigenvalue weighted by molar-refractivity contribution is -0.133. The average Bonchev–Trinajstić information content (AvgIpc) is 3.14. The number of hydrogen-bond donors (Lipinski definition) is 0. The molecule has 0 bridgehead atoms. The van der Waals surface area contributed by atoms with Crippen molar-refractivity contribution in [1.82, 2.24) is 19.0 Å². The van der Waals surface area contributed by atoms with Gasteiger partial charge in [-0.3, -0.25) is 13.9 Å². The van der Waals surface area contributed by atoms with Crippen LogP contribution in [0.5, 0.6) is 0 Å². The number of likely N-dealkylation sites (tertiary alicyclic amines) is 1. The number of aromatic nitrogens is 3. The van der Waals surface area contributed by atoms with Crippen LogP contribution >= 0.6 is 0 Å². The maximum absolute atomic E-state index is 12.9. The van der Waals surface area contributed by atoms with E-state index in [0.717, 1.165) is 11.9 Å². The molecule has 1 aliphatic heterocycles. The van der Waals surface area contributed by atoms with Gasteiger partial charge in [-0.25, -0.2) is 9.78 Å². The van der Waals surface area contributed by atoms with Crippen LogP contribution in [0.4, 0.5) is 0 Å². The maximum atomic E-state index is 12.9. The third kappa shape index (κ3) is 2.84. The van der Waals surface area contributed by atoms with Crippen molar-refractivity contribution in [2.24, 2.45) is 5.92 Å². The zero-order valence-corrected chi connectivity index (χ0v) is 14.4. The Morgan fingerprint density at radius 1 is 1.46 bits per heavy atom. The van der Waals surface area contributed by atoms with Gasteiger partial charge in [0.2, 0.25) is 5.91 Å². The summed E-state index contributed by atoms with van der Waals surface area (Å²) in [5.74, 6) is 0.114. The van der Waals surface area contributed by atoms with E-state index in [1.165, 1.54) is 0 Å². The number of amides is 1. The Morgan fingerprint density at radius 2 is 2.25 bits per heavy atom. The van der Waals surface area contributed by atoms with Gasteiger partial charge in [-0.15, -0.1) is 0 Å². The van der Waals surface area contributed by atoms with E-state index in [0.29, 0.717) is 31.9 Å². The van der Waals surface area contributed by atoms with E-state index < -0.39 is 0 Å². The van der Waals surface area contributed by atoms with Crippen LogP contribution in [0.2, 0.25) is 0 Å². The van der Waals surface area contributed by atoms with Crippen molar-refractivity contribution in [3.8, 4) is 0 Å². The minimum absolute atomic E-state index is 0.0263. The molecule has 1 amide bonds. The van der Waals surface area contributed by atoms with E-state index in [9.17, 15) is 9.59 Å². The standard InChI is InChI=1S/C17H24N4O3/c1-12(2)16(22)19-8-6-13(11-19)21-15-14(5-4-7-18-15)20(17(21)23)9-10-24-3/h4-5,7,12-13H,6,8-11H2,1-3H3/t13-/m1/s1. The highest BCUT2D eigenvalue weighted by Crippen LogP contribution is 2.25. The number of ether oxygens (including phenoxy) is 1.